The van der Waals surface area contributed by atoms with Gasteiger partial charge in [0.05, 0.1) is 5.56 Å². The lowest BCUT2D eigenvalue weighted by Crippen LogP contribution is -1.96. The molecule has 0 saturated heterocycles. The van der Waals surface area contributed by atoms with Crippen molar-refractivity contribution < 1.29 is 15.1 Å². The highest BCUT2D eigenvalue weighted by molar-refractivity contribution is 6.30. The zero-order chi connectivity index (χ0) is 27.6. The molecule has 196 valence electrons. The monoisotopic (exact) mass is 541 g/mol. The summed E-state index contributed by atoms with van der Waals surface area (Å²) >= 11 is 5.53. The van der Waals surface area contributed by atoms with Gasteiger partial charge in [0, 0.05) is 52.3 Å². The van der Waals surface area contributed by atoms with E-state index in [-0.39, 0.29) is 5.56 Å². The third-order valence-electron chi connectivity index (χ3n) is 5.25. The molecule has 0 fully saturated rings. The number of halogens is 1. The molecule has 0 amide bonds. The molecule has 4 aromatic heterocycles. The number of nitrogens with two attached hydrogens (primary N) is 1. The Morgan fingerprint density at radius 3 is 2.31 bits per heavy atom. The second-order valence-corrected chi connectivity index (χ2v) is 8.40. The lowest BCUT2D eigenvalue weighted by molar-refractivity contribution is 0.0697. The van der Waals surface area contributed by atoms with Gasteiger partial charge in [0.2, 0.25) is 0 Å². The van der Waals surface area contributed by atoms with Crippen LogP contribution in [0.2, 0.25) is 5.02 Å². The number of carbonyl (C=O) groups is 1. The average Bonchev–Trinajstić information content (AvgIpc) is 3.70. The number of benzene rings is 1. The van der Waals surface area contributed by atoms with Crippen LogP contribution in [-0.2, 0) is 0 Å². The smallest absolute Gasteiger partial charge is 0.335 e. The third kappa shape index (κ3) is 7.34. The molecule has 0 unspecified atom stereocenters. The highest BCUT2D eigenvalue weighted by Crippen LogP contribution is 2.17. The molecule has 6 N–H and O–H groups in total. The van der Waals surface area contributed by atoms with Gasteiger partial charge in [-0.15, -0.1) is 0 Å². The number of nitrogens with one attached hydrogen (secondary N) is 2. The van der Waals surface area contributed by atoms with E-state index in [1.165, 1.54) is 12.1 Å². The minimum absolute atomic E-state index is 0.215. The van der Waals surface area contributed by atoms with E-state index < -0.39 is 5.97 Å². The summed E-state index contributed by atoms with van der Waals surface area (Å²) in [5, 5.41) is 20.3. The molecule has 0 atom stereocenters. The fraction of sp³-hybridized carbons (Fsp3) is 0. The Kier molecular flexibility index (Phi) is 8.73. The number of anilines is 1. The number of aromatic carboxylic acids is 1. The van der Waals surface area contributed by atoms with Crippen LogP contribution >= 0.6 is 11.6 Å². The van der Waals surface area contributed by atoms with Gasteiger partial charge >= 0.3 is 5.97 Å². The summed E-state index contributed by atoms with van der Waals surface area (Å²) in [7, 11) is 0. The van der Waals surface area contributed by atoms with Crippen molar-refractivity contribution in [1.29, 1.82) is 0 Å². The van der Waals surface area contributed by atoms with Gasteiger partial charge in [0.1, 0.15) is 17.1 Å². The fourth-order valence-electron chi connectivity index (χ4n) is 3.41. The van der Waals surface area contributed by atoms with E-state index in [9.17, 15) is 4.79 Å². The van der Waals surface area contributed by atoms with Gasteiger partial charge in [-0.3, -0.25) is 0 Å². The van der Waals surface area contributed by atoms with Crippen molar-refractivity contribution in [3.05, 3.63) is 120 Å². The molecule has 5 aromatic rings. The molecular weight excluding hydrogens is 518 g/mol. The van der Waals surface area contributed by atoms with Gasteiger partial charge in [0.15, 0.2) is 5.82 Å². The number of nitrogen functional groups attached to an aromatic ring is 1. The zero-order valence-corrected chi connectivity index (χ0v) is 21.2. The van der Waals surface area contributed by atoms with Crippen LogP contribution in [0.1, 0.15) is 10.4 Å². The second-order valence-electron chi connectivity index (χ2n) is 7.96. The molecule has 1 aromatic carbocycles. The van der Waals surface area contributed by atoms with Gasteiger partial charge in [-0.25, -0.2) is 19.7 Å². The van der Waals surface area contributed by atoms with Gasteiger partial charge in [-0.05, 0) is 72.8 Å². The first-order valence-corrected chi connectivity index (χ1v) is 12.0. The maximum Gasteiger partial charge on any atom is 0.335 e. The van der Waals surface area contributed by atoms with Crippen LogP contribution in [0.4, 0.5) is 5.82 Å². The number of pyridine rings is 3. The molecule has 2 aliphatic rings. The number of nitrogens with zero attached hydrogens (tertiary/aromatic N) is 4. The molecule has 6 heterocycles. The number of rotatable bonds is 1. The summed E-state index contributed by atoms with van der Waals surface area (Å²) in [6, 6.07) is 23.3. The molecular formula is C28H24ClN7O3. The van der Waals surface area contributed by atoms with Crippen molar-refractivity contribution in [1.82, 2.24) is 29.7 Å². The number of aromatic nitrogens is 6. The predicted molar refractivity (Wildman–Crippen MR) is 151 cm³/mol. The summed E-state index contributed by atoms with van der Waals surface area (Å²) in [5.74, 6) is 0.194. The molecule has 0 radical (unpaired) electrons. The number of hydrogen-bond acceptors (Lipinski definition) is 6. The largest absolute Gasteiger partial charge is 0.478 e. The summed E-state index contributed by atoms with van der Waals surface area (Å²) < 4.78 is 1.01. The van der Waals surface area contributed by atoms with Crippen LogP contribution < -0.4 is 5.73 Å². The molecule has 0 aliphatic carbocycles. The van der Waals surface area contributed by atoms with E-state index in [1.54, 1.807) is 42.9 Å². The van der Waals surface area contributed by atoms with Gasteiger partial charge < -0.3 is 26.0 Å². The maximum atomic E-state index is 10.3. The standard InChI is InChI=1S/C7H5ClO2.C7H7N3.C7H6N2O.C7H6N2/c8-6-3-1-2-5(4-6)7(9)10;8-6-2-1-5-3-4-9-7(5)10-6;10-9-5-1-2-6-3-4-8-7(6)9;1-2-6-3-5-9-7(6)8-4-1/h1-4H,(H,9,10);1-4H,(H3,8,9,10);1-5,10H;1-5H,(H,8,9). The topological polar surface area (TPSA) is 159 Å². The van der Waals surface area contributed by atoms with Crippen LogP contribution in [0.5, 0.6) is 0 Å². The van der Waals surface area contributed by atoms with Crippen LogP contribution in [0.15, 0.2) is 110 Å². The number of aromatic amines is 2. The number of hydrogen-bond donors (Lipinski definition) is 5. The molecule has 0 bridgehead atoms. The van der Waals surface area contributed by atoms with E-state index in [2.05, 4.69) is 24.9 Å². The van der Waals surface area contributed by atoms with Crippen molar-refractivity contribution in [2.24, 2.45) is 0 Å². The van der Waals surface area contributed by atoms with E-state index in [4.69, 9.17) is 27.6 Å². The Morgan fingerprint density at radius 1 is 0.846 bits per heavy atom. The number of carboxylic acid groups (broad SMARTS) is 1. The third-order valence-corrected chi connectivity index (χ3v) is 5.49. The lowest BCUT2D eigenvalue weighted by atomic mass is 10.2. The molecule has 0 spiro atoms. The average molecular weight is 542 g/mol. The van der Waals surface area contributed by atoms with Crippen LogP contribution in [-0.4, -0.2) is 45.9 Å². The summed E-state index contributed by atoms with van der Waals surface area (Å²) in [4.78, 5) is 28.3. The first-order valence-electron chi connectivity index (χ1n) is 11.6. The maximum absolute atomic E-state index is 10.3. The number of carboxylic acids is 1. The van der Waals surface area contributed by atoms with E-state index in [0.29, 0.717) is 16.7 Å². The number of fused-ring (bicyclic) bond motifs is 3. The minimum atomic E-state index is -0.956. The zero-order valence-electron chi connectivity index (χ0n) is 20.4. The van der Waals surface area contributed by atoms with Crippen molar-refractivity contribution in [2.45, 2.75) is 0 Å². The molecule has 10 nitrogen and oxygen atoms in total. The summed E-state index contributed by atoms with van der Waals surface area (Å²) in [5.41, 5.74) is 8.42. The first-order chi connectivity index (χ1) is 18.9. The Bertz CT molecular complexity index is 1730. The van der Waals surface area contributed by atoms with Crippen LogP contribution in [0.3, 0.4) is 0 Å². The van der Waals surface area contributed by atoms with E-state index in [1.807, 2.05) is 54.9 Å². The molecule has 0 saturated carbocycles. The molecule has 2 aliphatic heterocycles. The highest BCUT2D eigenvalue weighted by atomic mass is 35.5. The van der Waals surface area contributed by atoms with Gasteiger partial charge in [-0.1, -0.05) is 17.7 Å². The quantitative estimate of drug-likeness (QED) is 0.160. The summed E-state index contributed by atoms with van der Waals surface area (Å²) in [6.45, 7) is 0. The molecule has 11 heteroatoms. The Morgan fingerprint density at radius 2 is 1.62 bits per heavy atom. The Balaban J connectivity index is 0.000000121. The summed E-state index contributed by atoms with van der Waals surface area (Å²) in [6.07, 6.45) is 8.72. The van der Waals surface area contributed by atoms with Crippen molar-refractivity contribution >= 4 is 45.5 Å². The normalized spacial score (nSPS) is 10.1. The van der Waals surface area contributed by atoms with Crippen LogP contribution in [0, 0.1) is 0 Å². The number of H-pyrrole nitrogens is 2. The van der Waals surface area contributed by atoms with Crippen molar-refractivity contribution in [3.63, 3.8) is 0 Å². The SMILES string of the molecule is Nc1ccc2cc[nH]c2n1.O=C(O)c1cccc(Cl)c1.On1cccc2ccnc1-2.c1cnc2[nH]ccc2c1. The lowest BCUT2D eigenvalue weighted by Gasteiger charge is -2.00. The Hall–Kier alpha value is -5.35. The van der Waals surface area contributed by atoms with Crippen LogP contribution in [0.25, 0.3) is 33.5 Å². The first kappa shape index (κ1) is 26.7. The fourth-order valence-corrected chi connectivity index (χ4v) is 3.60. The van der Waals surface area contributed by atoms with Crippen molar-refractivity contribution in [3.8, 4) is 11.4 Å². The van der Waals surface area contributed by atoms with E-state index >= 15 is 0 Å². The second kappa shape index (κ2) is 12.7. The van der Waals surface area contributed by atoms with Gasteiger partial charge in [0.25, 0.3) is 0 Å². The predicted octanol–water partition coefficient (Wildman–Crippen LogP) is 5.97. The Labute approximate surface area is 227 Å². The van der Waals surface area contributed by atoms with Crippen molar-refractivity contribution in [2.75, 3.05) is 5.73 Å². The van der Waals surface area contributed by atoms with Gasteiger partial charge in [-0.2, -0.15) is 4.73 Å². The molecule has 39 heavy (non-hydrogen) atoms. The highest BCUT2D eigenvalue weighted by Gasteiger charge is 2.04. The van der Waals surface area contributed by atoms with E-state index in [0.717, 1.165) is 32.4 Å². The minimum Gasteiger partial charge on any atom is -0.478 e. The molecule has 7 rings (SSSR count).